The van der Waals surface area contributed by atoms with Gasteiger partial charge in [0.15, 0.2) is 0 Å². The molecule has 0 aromatic carbocycles. The number of carbonyl (C=O) groups excluding carboxylic acids is 1. The van der Waals surface area contributed by atoms with Gasteiger partial charge in [0.1, 0.15) is 0 Å². The first-order valence-corrected chi connectivity index (χ1v) is 11.7. The van der Waals surface area contributed by atoms with Crippen LogP contribution in [0.15, 0.2) is 30.5 Å². The summed E-state index contributed by atoms with van der Waals surface area (Å²) in [5, 5.41) is 3.23. The van der Waals surface area contributed by atoms with Crippen molar-refractivity contribution in [2.24, 2.45) is 0 Å². The Morgan fingerprint density at radius 1 is 1.03 bits per heavy atom. The zero-order valence-electron chi connectivity index (χ0n) is 17.8. The molecule has 158 valence electrons. The minimum atomic E-state index is -0.0361. The Kier molecular flexibility index (Phi) is 4.97. The van der Waals surface area contributed by atoms with E-state index in [-0.39, 0.29) is 16.9 Å². The Labute approximate surface area is 190 Å². The summed E-state index contributed by atoms with van der Waals surface area (Å²) < 4.78 is 0.665. The molecule has 3 fully saturated rings. The number of rotatable bonds is 4. The van der Waals surface area contributed by atoms with E-state index in [0.717, 1.165) is 72.8 Å². The van der Waals surface area contributed by atoms with Crippen LogP contribution in [0.5, 0.6) is 0 Å². The van der Waals surface area contributed by atoms with Gasteiger partial charge in [-0.2, -0.15) is 0 Å². The van der Waals surface area contributed by atoms with Gasteiger partial charge in [0.2, 0.25) is 0 Å². The van der Waals surface area contributed by atoms with Gasteiger partial charge in [0.05, 0.1) is 0 Å². The van der Waals surface area contributed by atoms with Gasteiger partial charge in [0, 0.05) is 6.92 Å². The van der Waals surface area contributed by atoms with E-state index in [1.165, 1.54) is 0 Å². The summed E-state index contributed by atoms with van der Waals surface area (Å²) in [5.74, 6) is 1.09. The molecule has 6 rings (SSSR count). The van der Waals surface area contributed by atoms with Crippen LogP contribution in [-0.4, -0.2) is 53.2 Å². The van der Waals surface area contributed by atoms with Gasteiger partial charge in [-0.3, -0.25) is 4.79 Å². The average Bonchev–Trinajstić information content (AvgIpc) is 3.21. The second kappa shape index (κ2) is 7.56. The first-order chi connectivity index (χ1) is 14.9. The monoisotopic (exact) mass is 476 g/mol. The molecule has 2 radical (unpaired) electrons. The van der Waals surface area contributed by atoms with Gasteiger partial charge in [0.25, 0.3) is 0 Å². The topological polar surface area (TPSA) is 96.5 Å². The third kappa shape index (κ3) is 3.69. The predicted molar refractivity (Wildman–Crippen MR) is 119 cm³/mol. The van der Waals surface area contributed by atoms with Crippen molar-refractivity contribution in [1.29, 1.82) is 0 Å². The fourth-order valence-electron chi connectivity index (χ4n) is 5.26. The zero-order chi connectivity index (χ0) is 21.6. The third-order valence-electron chi connectivity index (χ3n) is 6.92. The van der Waals surface area contributed by atoms with Crippen LogP contribution in [0.1, 0.15) is 57.0 Å². The molecule has 8 heteroatoms. The maximum atomic E-state index is 11.7. The Hall–Kier alpha value is -2.53. The number of aromatic amines is 1. The molecule has 0 aliphatic heterocycles. The van der Waals surface area contributed by atoms with E-state index in [9.17, 15) is 4.79 Å². The van der Waals surface area contributed by atoms with Crippen LogP contribution in [0.25, 0.3) is 22.8 Å². The van der Waals surface area contributed by atoms with Crippen LogP contribution in [-0.2, 0) is 10.2 Å². The molecule has 2 N–H and O–H groups in total. The van der Waals surface area contributed by atoms with Crippen molar-refractivity contribution in [3.8, 4) is 22.8 Å². The molecule has 3 aliphatic rings. The molecule has 0 saturated heterocycles. The van der Waals surface area contributed by atoms with Crippen LogP contribution in [0.2, 0.25) is 0 Å². The Morgan fingerprint density at radius 3 is 2.42 bits per heavy atom. The summed E-state index contributed by atoms with van der Waals surface area (Å²) in [4.78, 5) is 34.1. The molecule has 1 amide bonds. The molecule has 3 aliphatic carbocycles. The number of carbonyl (C=O) groups is 1. The van der Waals surface area contributed by atoms with Crippen molar-refractivity contribution < 1.29 is 4.79 Å². The number of imidazole rings is 1. The second-order valence-corrected chi connectivity index (χ2v) is 9.80. The van der Waals surface area contributed by atoms with Gasteiger partial charge in [-0.25, -0.2) is 0 Å². The molecule has 31 heavy (non-hydrogen) atoms. The number of hydrogen-bond donors (Lipinski definition) is 2. The number of nitrogens with zero attached hydrogens (tertiary/aromatic N) is 4. The number of aryl methyl sites for hydroxylation is 1. The molecule has 7 nitrogen and oxygen atoms in total. The molecule has 2 bridgehead atoms. The van der Waals surface area contributed by atoms with E-state index in [4.69, 9.17) is 9.97 Å². The van der Waals surface area contributed by atoms with E-state index >= 15 is 0 Å². The van der Waals surface area contributed by atoms with E-state index < -0.39 is 0 Å². The van der Waals surface area contributed by atoms with Gasteiger partial charge in [-0.05, 0) is 0 Å². The van der Waals surface area contributed by atoms with Crippen LogP contribution >= 0.6 is 0 Å². The molecular weight excluding hydrogens is 451 g/mol. The quantitative estimate of drug-likeness (QED) is 0.565. The van der Waals surface area contributed by atoms with E-state index in [1.54, 1.807) is 13.1 Å². The molecule has 0 spiro atoms. The third-order valence-corrected chi connectivity index (χ3v) is 7.38. The molecular formula is C23H25AsN6O. The number of amides is 1. The second-order valence-electron chi connectivity index (χ2n) is 8.96. The number of H-pyrrole nitrogens is 1. The number of pyridine rings is 1. The van der Waals surface area contributed by atoms with Crippen molar-refractivity contribution in [1.82, 2.24) is 30.2 Å². The molecule has 3 saturated carbocycles. The molecule has 0 unspecified atom stereocenters. The number of aromatic nitrogens is 5. The van der Waals surface area contributed by atoms with Crippen molar-refractivity contribution >= 4 is 27.4 Å². The summed E-state index contributed by atoms with van der Waals surface area (Å²) in [7, 11) is 0. The Balaban J connectivity index is 1.57. The minimum absolute atomic E-state index is 0.00911. The van der Waals surface area contributed by atoms with E-state index in [0.29, 0.717) is 4.61 Å². The predicted octanol–water partition coefficient (Wildman–Crippen LogP) is 2.51. The zero-order valence-corrected chi connectivity index (χ0v) is 19.7. The van der Waals surface area contributed by atoms with Crippen molar-refractivity contribution in [3.05, 3.63) is 42.0 Å². The van der Waals surface area contributed by atoms with Crippen LogP contribution in [0.3, 0.4) is 0 Å². The van der Waals surface area contributed by atoms with E-state index in [1.807, 2.05) is 31.2 Å². The van der Waals surface area contributed by atoms with Crippen LogP contribution < -0.4 is 9.93 Å². The van der Waals surface area contributed by atoms with Crippen LogP contribution in [0.4, 0.5) is 0 Å². The maximum absolute atomic E-state index is 11.7. The molecule has 3 aromatic rings. The normalized spacial score (nSPS) is 24.9. The fourth-order valence-corrected chi connectivity index (χ4v) is 5.63. The van der Waals surface area contributed by atoms with Crippen molar-refractivity contribution in [3.63, 3.8) is 0 Å². The Morgan fingerprint density at radius 2 is 1.77 bits per heavy atom. The van der Waals surface area contributed by atoms with Crippen molar-refractivity contribution in [2.75, 3.05) is 0 Å². The molecule has 0 atom stereocenters. The summed E-state index contributed by atoms with van der Waals surface area (Å²) in [6.07, 6.45) is 7.78. The standard InChI is InChI=1S/C23H25AsN6O/c1-14-4-3-5-16(26-14)18-19(17-6-13-25-21(24)27-17)29-20(28-18)22-7-10-23(11-8-22,12-9-22)30-15(2)31/h3-6,13H,7-12H2,1-2H3,(H,28,29)(H,30,31). The molecule has 3 aromatic heterocycles. The number of nitrogens with one attached hydrogen (secondary N) is 2. The van der Waals surface area contributed by atoms with Gasteiger partial charge < -0.3 is 0 Å². The summed E-state index contributed by atoms with van der Waals surface area (Å²) in [5.41, 5.74) is 4.32. The first-order valence-electron chi connectivity index (χ1n) is 10.7. The van der Waals surface area contributed by atoms with Gasteiger partial charge in [-0.15, -0.1) is 0 Å². The van der Waals surface area contributed by atoms with E-state index in [2.05, 4.69) is 37.1 Å². The van der Waals surface area contributed by atoms with Crippen molar-refractivity contribution in [2.45, 2.75) is 63.3 Å². The SMILES string of the molecule is CC(=O)NC12CCC(c3nc(-c4cccc(C)n4)c(-c4ccnc([As])n4)[nH]3)(CC1)CC2. The Bertz CT molecular complexity index is 1070. The van der Waals surface area contributed by atoms with Gasteiger partial charge in [-0.1, -0.05) is 0 Å². The number of fused-ring (bicyclic) bond motifs is 3. The van der Waals surface area contributed by atoms with Gasteiger partial charge >= 0.3 is 179 Å². The first kappa shape index (κ1) is 20.4. The molecule has 3 heterocycles. The average molecular weight is 476 g/mol. The summed E-state index contributed by atoms with van der Waals surface area (Å²) in [6.45, 7) is 3.61. The summed E-state index contributed by atoms with van der Waals surface area (Å²) >= 11 is 2.39. The van der Waals surface area contributed by atoms with Crippen LogP contribution in [0, 0.1) is 6.92 Å². The number of hydrogen-bond acceptors (Lipinski definition) is 5. The fraction of sp³-hybridized carbons (Fsp3) is 0.435. The summed E-state index contributed by atoms with van der Waals surface area (Å²) in [6, 6.07) is 7.92.